The third-order valence-electron chi connectivity index (χ3n) is 6.21. The fraction of sp³-hybridized carbons (Fsp3) is 0.258. The summed E-state index contributed by atoms with van der Waals surface area (Å²) in [5.41, 5.74) is -3.41. The zero-order chi connectivity index (χ0) is 32.6. The molecule has 4 rings (SSSR count). The molecule has 0 aliphatic carbocycles. The maximum Gasteiger partial charge on any atom is 0.417 e. The smallest absolute Gasteiger partial charge is 0.417 e. The van der Waals surface area contributed by atoms with Crippen LogP contribution in [-0.4, -0.2) is 30.8 Å². The van der Waals surface area contributed by atoms with Crippen molar-refractivity contribution in [1.82, 2.24) is 4.57 Å². The number of furan rings is 1. The number of amides is 1. The van der Waals surface area contributed by atoms with E-state index in [9.17, 15) is 36.8 Å². The Balaban J connectivity index is 0.000000978. The van der Waals surface area contributed by atoms with Gasteiger partial charge >= 0.3 is 6.18 Å². The molecule has 13 heteroatoms. The van der Waals surface area contributed by atoms with E-state index < -0.39 is 46.7 Å². The quantitative estimate of drug-likeness (QED) is 0.160. The number of methoxy groups -OCH3 is 1. The average Bonchev–Trinajstić information content (AvgIpc) is 3.46. The van der Waals surface area contributed by atoms with Crippen LogP contribution in [0.4, 0.5) is 27.6 Å². The van der Waals surface area contributed by atoms with E-state index in [0.717, 1.165) is 16.7 Å². The van der Waals surface area contributed by atoms with Crippen LogP contribution >= 0.6 is 0 Å². The molecular weight excluding hydrogens is 589 g/mol. The van der Waals surface area contributed by atoms with Gasteiger partial charge in [0.15, 0.2) is 5.76 Å². The first kappa shape index (κ1) is 33.5. The van der Waals surface area contributed by atoms with E-state index in [2.05, 4.69) is 5.32 Å². The first-order valence-corrected chi connectivity index (χ1v) is 13.1. The van der Waals surface area contributed by atoms with Gasteiger partial charge in [0.05, 0.1) is 42.5 Å². The van der Waals surface area contributed by atoms with Crippen molar-refractivity contribution in [2.45, 2.75) is 39.6 Å². The Morgan fingerprint density at radius 3 is 2.36 bits per heavy atom. The molecule has 0 unspecified atom stereocenters. The van der Waals surface area contributed by atoms with Crippen LogP contribution in [-0.2, 0) is 22.3 Å². The Morgan fingerprint density at radius 2 is 1.80 bits per heavy atom. The maximum atomic E-state index is 14.4. The first-order chi connectivity index (χ1) is 20.8. The minimum atomic E-state index is -5.06. The number of aromatic nitrogens is 1. The highest BCUT2D eigenvalue weighted by molar-refractivity contribution is 5.80. The molecule has 0 aliphatic heterocycles. The van der Waals surface area contributed by atoms with Crippen molar-refractivity contribution in [3.8, 4) is 34.4 Å². The molecule has 44 heavy (non-hydrogen) atoms. The number of nitrogens with zero attached hydrogens (tertiary/aromatic N) is 2. The predicted molar refractivity (Wildman–Crippen MR) is 152 cm³/mol. The standard InChI is InChI=1S/C27H18F5N3O4.C4H10O/c1-2-38-24-6-4-15(7-22(24)34-14-36)17-8-25(39-13-17)23-10-20(27(30,31)32)19(11-33)26(37)35(23)12-16-3-5-18(28)9-21(16)29;1-4(2)5-3/h3-10,13-14H,2,12H2,1H3,(H,34,36);4H,1-3H3. The second kappa shape index (κ2) is 14.5. The number of anilines is 1. The van der Waals surface area contributed by atoms with Gasteiger partial charge in [0.25, 0.3) is 5.56 Å². The SMILES string of the molecule is CCOc1ccc(-c2coc(-c3cc(C(F)(F)F)c(C#N)c(=O)n3Cc3ccc(F)cc3F)c2)cc1NC=O.COC(C)C. The van der Waals surface area contributed by atoms with Crippen LogP contribution in [0, 0.1) is 23.0 Å². The molecule has 8 nitrogen and oxygen atoms in total. The van der Waals surface area contributed by atoms with Gasteiger partial charge in [-0.15, -0.1) is 0 Å². The minimum absolute atomic E-state index is 0.196. The number of rotatable bonds is 9. The number of carbonyl (C=O) groups excluding carboxylic acids is 1. The van der Waals surface area contributed by atoms with Gasteiger partial charge in [-0.3, -0.25) is 14.2 Å². The van der Waals surface area contributed by atoms with Gasteiger partial charge in [-0.2, -0.15) is 18.4 Å². The number of hydrogen-bond donors (Lipinski definition) is 1. The highest BCUT2D eigenvalue weighted by Crippen LogP contribution is 2.37. The van der Waals surface area contributed by atoms with Crippen molar-refractivity contribution >= 4 is 12.1 Å². The Hall–Kier alpha value is -4.96. The average molecular weight is 618 g/mol. The molecule has 2 aromatic heterocycles. The van der Waals surface area contributed by atoms with E-state index in [1.165, 1.54) is 18.4 Å². The summed E-state index contributed by atoms with van der Waals surface area (Å²) in [5, 5.41) is 11.8. The Labute approximate surface area is 249 Å². The summed E-state index contributed by atoms with van der Waals surface area (Å²) in [5.74, 6) is -1.73. The lowest BCUT2D eigenvalue weighted by Gasteiger charge is -2.16. The number of alkyl halides is 3. The van der Waals surface area contributed by atoms with E-state index in [1.807, 2.05) is 13.8 Å². The second-order valence-electron chi connectivity index (χ2n) is 9.45. The molecule has 0 radical (unpaired) electrons. The van der Waals surface area contributed by atoms with Crippen molar-refractivity contribution in [2.24, 2.45) is 0 Å². The fourth-order valence-corrected chi connectivity index (χ4v) is 3.95. The molecule has 0 atom stereocenters. The van der Waals surface area contributed by atoms with Crippen LogP contribution in [0.5, 0.6) is 5.75 Å². The molecule has 1 N–H and O–H groups in total. The van der Waals surface area contributed by atoms with Crippen LogP contribution in [0.1, 0.15) is 37.5 Å². The van der Waals surface area contributed by atoms with Gasteiger partial charge in [-0.1, -0.05) is 12.1 Å². The number of hydrogen-bond acceptors (Lipinski definition) is 6. The van der Waals surface area contributed by atoms with Crippen LogP contribution in [0.3, 0.4) is 0 Å². The Kier molecular flexibility index (Phi) is 11.0. The molecule has 0 fully saturated rings. The molecular formula is C31H28F5N3O5. The number of benzene rings is 2. The van der Waals surface area contributed by atoms with Crippen LogP contribution in [0.25, 0.3) is 22.6 Å². The number of nitriles is 1. The Bertz CT molecular complexity index is 1720. The van der Waals surface area contributed by atoms with Gasteiger partial charge in [-0.05, 0) is 56.7 Å². The summed E-state index contributed by atoms with van der Waals surface area (Å²) >= 11 is 0. The highest BCUT2D eigenvalue weighted by Gasteiger charge is 2.37. The third kappa shape index (κ3) is 7.90. The van der Waals surface area contributed by atoms with E-state index in [1.54, 1.807) is 32.2 Å². The summed E-state index contributed by atoms with van der Waals surface area (Å²) in [7, 11) is 1.70. The van der Waals surface area contributed by atoms with Crippen molar-refractivity contribution in [2.75, 3.05) is 19.0 Å². The van der Waals surface area contributed by atoms with E-state index in [-0.39, 0.29) is 11.3 Å². The number of halogens is 5. The van der Waals surface area contributed by atoms with Gasteiger partial charge in [0, 0.05) is 24.3 Å². The molecule has 1 amide bonds. The van der Waals surface area contributed by atoms with Gasteiger partial charge < -0.3 is 19.2 Å². The molecule has 0 spiro atoms. The first-order valence-electron chi connectivity index (χ1n) is 13.1. The lowest BCUT2D eigenvalue weighted by atomic mass is 10.0. The molecule has 232 valence electrons. The maximum absolute atomic E-state index is 14.4. The van der Waals surface area contributed by atoms with Crippen LogP contribution in [0.2, 0.25) is 0 Å². The molecule has 2 heterocycles. The van der Waals surface area contributed by atoms with E-state index >= 15 is 0 Å². The van der Waals surface area contributed by atoms with E-state index in [0.29, 0.717) is 53.8 Å². The monoisotopic (exact) mass is 617 g/mol. The lowest BCUT2D eigenvalue weighted by Crippen LogP contribution is -2.29. The number of pyridine rings is 1. The topological polar surface area (TPSA) is 106 Å². The lowest BCUT2D eigenvalue weighted by molar-refractivity contribution is -0.137. The summed E-state index contributed by atoms with van der Waals surface area (Å²) in [6, 6.07) is 10.5. The number of carbonyl (C=O) groups is 1. The van der Waals surface area contributed by atoms with Crippen molar-refractivity contribution in [3.63, 3.8) is 0 Å². The van der Waals surface area contributed by atoms with Crippen LogP contribution in [0.15, 0.2) is 64.0 Å². The molecule has 0 saturated carbocycles. The second-order valence-corrected chi connectivity index (χ2v) is 9.45. The van der Waals surface area contributed by atoms with Gasteiger partial charge in [0.1, 0.15) is 29.0 Å². The number of nitrogens with one attached hydrogen (secondary N) is 1. The molecule has 4 aromatic rings. The zero-order valence-corrected chi connectivity index (χ0v) is 24.1. The molecule has 0 saturated heterocycles. The number of ether oxygens (including phenoxy) is 2. The molecule has 0 aliphatic rings. The summed E-state index contributed by atoms with van der Waals surface area (Å²) < 4.78 is 85.6. The minimum Gasteiger partial charge on any atom is -0.492 e. The molecule has 0 bridgehead atoms. The van der Waals surface area contributed by atoms with Crippen molar-refractivity contribution in [1.29, 1.82) is 5.26 Å². The Morgan fingerprint density at radius 1 is 1.09 bits per heavy atom. The third-order valence-corrected chi connectivity index (χ3v) is 6.21. The van der Waals surface area contributed by atoms with Crippen molar-refractivity contribution < 1.29 is 40.6 Å². The fourth-order valence-electron chi connectivity index (χ4n) is 3.95. The molecule has 2 aromatic carbocycles. The summed E-state index contributed by atoms with van der Waals surface area (Å²) in [6.45, 7) is 5.47. The van der Waals surface area contributed by atoms with Gasteiger partial charge in [-0.25, -0.2) is 8.78 Å². The normalized spacial score (nSPS) is 11.0. The van der Waals surface area contributed by atoms with Crippen LogP contribution < -0.4 is 15.6 Å². The largest absolute Gasteiger partial charge is 0.492 e. The van der Waals surface area contributed by atoms with Gasteiger partial charge in [0.2, 0.25) is 6.41 Å². The van der Waals surface area contributed by atoms with Crippen molar-refractivity contribution in [3.05, 3.63) is 93.5 Å². The predicted octanol–water partition coefficient (Wildman–Crippen LogP) is 7.00. The zero-order valence-electron chi connectivity index (χ0n) is 24.1. The highest BCUT2D eigenvalue weighted by atomic mass is 19.4. The summed E-state index contributed by atoms with van der Waals surface area (Å²) in [6.07, 6.45) is -3.01. The summed E-state index contributed by atoms with van der Waals surface area (Å²) in [4.78, 5) is 24.1. The van der Waals surface area contributed by atoms with E-state index in [4.69, 9.17) is 13.9 Å².